The van der Waals surface area contributed by atoms with Crippen LogP contribution < -0.4 is 5.73 Å². The molecule has 0 amide bonds. The molecule has 0 saturated heterocycles. The number of nitrogens with two attached hydrogens (primary N) is 1. The Hall–Kier alpha value is -1.08. The van der Waals surface area contributed by atoms with Crippen molar-refractivity contribution < 1.29 is 9.53 Å². The summed E-state index contributed by atoms with van der Waals surface area (Å²) in [6, 6.07) is 0. The predicted molar refractivity (Wildman–Crippen MR) is 74.7 cm³/mol. The molecule has 1 heterocycles. The van der Waals surface area contributed by atoms with E-state index in [1.54, 1.807) is 0 Å². The molecule has 1 rings (SSSR count). The summed E-state index contributed by atoms with van der Waals surface area (Å²) < 4.78 is 6.80. The Morgan fingerprint density at radius 1 is 1.47 bits per heavy atom. The Labute approximate surface area is 118 Å². The highest BCUT2D eigenvalue weighted by molar-refractivity contribution is 7.99. The van der Waals surface area contributed by atoms with Gasteiger partial charge in [0.05, 0.1) is 19.1 Å². The van der Waals surface area contributed by atoms with Crippen LogP contribution in [-0.2, 0) is 22.6 Å². The number of hydrogen-bond donors (Lipinski definition) is 1. The van der Waals surface area contributed by atoms with E-state index in [1.165, 1.54) is 18.9 Å². The smallest absolute Gasteiger partial charge is 0.312 e. The second-order valence-electron chi connectivity index (χ2n) is 4.92. The third kappa shape index (κ3) is 3.94. The van der Waals surface area contributed by atoms with Crippen molar-refractivity contribution in [1.82, 2.24) is 14.8 Å². The molecule has 2 N–H and O–H groups in total. The van der Waals surface area contributed by atoms with Gasteiger partial charge in [0, 0.05) is 12.3 Å². The first-order valence-corrected chi connectivity index (χ1v) is 7.28. The monoisotopic (exact) mass is 286 g/mol. The van der Waals surface area contributed by atoms with Gasteiger partial charge < -0.3 is 15.0 Å². The molecule has 0 aromatic carbocycles. The van der Waals surface area contributed by atoms with E-state index in [1.807, 2.05) is 18.4 Å². The van der Waals surface area contributed by atoms with Gasteiger partial charge in [0.2, 0.25) is 0 Å². The van der Waals surface area contributed by atoms with Crippen LogP contribution in [0.2, 0.25) is 0 Å². The van der Waals surface area contributed by atoms with Gasteiger partial charge in [0.1, 0.15) is 5.82 Å². The van der Waals surface area contributed by atoms with Crippen LogP contribution in [0, 0.1) is 5.41 Å². The second-order valence-corrected chi connectivity index (χ2v) is 5.86. The van der Waals surface area contributed by atoms with Gasteiger partial charge in [-0.1, -0.05) is 18.7 Å². The van der Waals surface area contributed by atoms with Crippen LogP contribution in [-0.4, -0.2) is 33.6 Å². The third-order valence-electron chi connectivity index (χ3n) is 2.72. The largest absolute Gasteiger partial charge is 0.469 e. The molecule has 19 heavy (non-hydrogen) atoms. The van der Waals surface area contributed by atoms with Gasteiger partial charge in [0.15, 0.2) is 5.16 Å². The summed E-state index contributed by atoms with van der Waals surface area (Å²) in [4.78, 5) is 11.6. The number of aromatic nitrogens is 3. The maximum Gasteiger partial charge on any atom is 0.312 e. The van der Waals surface area contributed by atoms with Gasteiger partial charge in [-0.05, 0) is 20.3 Å². The summed E-state index contributed by atoms with van der Waals surface area (Å²) in [5.41, 5.74) is 5.09. The Morgan fingerprint density at radius 2 is 2.16 bits per heavy atom. The molecule has 0 fully saturated rings. The molecule has 0 aliphatic heterocycles. The van der Waals surface area contributed by atoms with Crippen molar-refractivity contribution in [3.05, 3.63) is 5.82 Å². The van der Waals surface area contributed by atoms with Crippen molar-refractivity contribution in [1.29, 1.82) is 0 Å². The van der Waals surface area contributed by atoms with Crippen LogP contribution in [0.5, 0.6) is 0 Å². The molecule has 0 saturated carbocycles. The first kappa shape index (κ1) is 16.0. The number of carbonyl (C=O) groups is 1. The molecule has 108 valence electrons. The molecule has 0 atom stereocenters. The standard InChI is InChI=1S/C12H22N4O2S/c1-5-6-16-9(7-13)14-15-11(16)19-8-12(2,3)10(17)18-4/h5-8,13H2,1-4H3. The molecular formula is C12H22N4O2S. The van der Waals surface area contributed by atoms with Crippen LogP contribution in [0.3, 0.4) is 0 Å². The SMILES string of the molecule is CCCn1c(CN)nnc1SCC(C)(C)C(=O)OC. The van der Waals surface area contributed by atoms with E-state index < -0.39 is 5.41 Å². The summed E-state index contributed by atoms with van der Waals surface area (Å²) in [5.74, 6) is 1.15. The lowest BCUT2D eigenvalue weighted by atomic mass is 9.97. The number of carbonyl (C=O) groups excluding carboxylic acids is 1. The van der Waals surface area contributed by atoms with E-state index in [0.717, 1.165) is 23.9 Å². The third-order valence-corrected chi connectivity index (χ3v) is 4.15. The lowest BCUT2D eigenvalue weighted by Gasteiger charge is -2.20. The highest BCUT2D eigenvalue weighted by Crippen LogP contribution is 2.28. The van der Waals surface area contributed by atoms with Crippen molar-refractivity contribution in [2.45, 2.75) is 45.4 Å². The van der Waals surface area contributed by atoms with E-state index in [4.69, 9.17) is 10.5 Å². The van der Waals surface area contributed by atoms with Gasteiger partial charge >= 0.3 is 5.97 Å². The topological polar surface area (TPSA) is 83.0 Å². The summed E-state index contributed by atoms with van der Waals surface area (Å²) >= 11 is 1.51. The van der Waals surface area contributed by atoms with Crippen LogP contribution in [0.15, 0.2) is 5.16 Å². The maximum absolute atomic E-state index is 11.6. The zero-order chi connectivity index (χ0) is 14.5. The average molecular weight is 286 g/mol. The molecule has 0 spiro atoms. The highest BCUT2D eigenvalue weighted by Gasteiger charge is 2.29. The van der Waals surface area contributed by atoms with Crippen LogP contribution in [0.1, 0.15) is 33.0 Å². The first-order valence-electron chi connectivity index (χ1n) is 6.29. The van der Waals surface area contributed by atoms with Gasteiger partial charge in [-0.3, -0.25) is 4.79 Å². The Kier molecular flexibility index (Phi) is 5.81. The van der Waals surface area contributed by atoms with Crippen LogP contribution >= 0.6 is 11.8 Å². The molecule has 0 unspecified atom stereocenters. The number of nitrogens with zero attached hydrogens (tertiary/aromatic N) is 3. The maximum atomic E-state index is 11.6. The Balaban J connectivity index is 2.77. The van der Waals surface area contributed by atoms with Crippen molar-refractivity contribution in [3.63, 3.8) is 0 Å². The van der Waals surface area contributed by atoms with E-state index in [9.17, 15) is 4.79 Å². The number of thioether (sulfide) groups is 1. The van der Waals surface area contributed by atoms with Crippen molar-refractivity contribution in [3.8, 4) is 0 Å². The summed E-state index contributed by atoms with van der Waals surface area (Å²) in [5, 5.41) is 9.01. The minimum Gasteiger partial charge on any atom is -0.469 e. The molecule has 6 nitrogen and oxygen atoms in total. The Morgan fingerprint density at radius 3 is 2.68 bits per heavy atom. The molecule has 1 aromatic heterocycles. The molecule has 1 aromatic rings. The summed E-state index contributed by atoms with van der Waals surface area (Å²) in [7, 11) is 1.40. The zero-order valence-electron chi connectivity index (χ0n) is 12.0. The van der Waals surface area contributed by atoms with Gasteiger partial charge in [-0.2, -0.15) is 0 Å². The second kappa shape index (κ2) is 6.91. The quantitative estimate of drug-likeness (QED) is 0.603. The lowest BCUT2D eigenvalue weighted by Crippen LogP contribution is -2.28. The van der Waals surface area contributed by atoms with Crippen molar-refractivity contribution >= 4 is 17.7 Å². The Bertz CT molecular complexity index is 431. The molecule has 0 aliphatic rings. The molecule has 7 heteroatoms. The van der Waals surface area contributed by atoms with Crippen LogP contribution in [0.4, 0.5) is 0 Å². The number of methoxy groups -OCH3 is 1. The highest BCUT2D eigenvalue weighted by atomic mass is 32.2. The molecule has 0 aliphatic carbocycles. The summed E-state index contributed by atoms with van der Waals surface area (Å²) in [6.07, 6.45) is 0.985. The van der Waals surface area contributed by atoms with Gasteiger partial charge in [-0.25, -0.2) is 0 Å². The van der Waals surface area contributed by atoms with Crippen molar-refractivity contribution in [2.24, 2.45) is 11.1 Å². The number of hydrogen-bond acceptors (Lipinski definition) is 6. The van der Waals surface area contributed by atoms with Crippen LogP contribution in [0.25, 0.3) is 0 Å². The average Bonchev–Trinajstić information content (AvgIpc) is 2.78. The van der Waals surface area contributed by atoms with Gasteiger partial charge in [-0.15, -0.1) is 10.2 Å². The lowest BCUT2D eigenvalue weighted by molar-refractivity contribution is -0.149. The number of ether oxygens (including phenoxy) is 1. The van der Waals surface area contributed by atoms with E-state index in [0.29, 0.717) is 12.3 Å². The molecule has 0 bridgehead atoms. The minimum atomic E-state index is -0.550. The predicted octanol–water partition coefficient (Wildman–Crippen LogP) is 1.44. The number of rotatable bonds is 7. The molecular weight excluding hydrogens is 264 g/mol. The normalized spacial score (nSPS) is 11.6. The van der Waals surface area contributed by atoms with Crippen molar-refractivity contribution in [2.75, 3.05) is 12.9 Å². The van der Waals surface area contributed by atoms with Gasteiger partial charge in [0.25, 0.3) is 0 Å². The van der Waals surface area contributed by atoms with E-state index >= 15 is 0 Å². The minimum absolute atomic E-state index is 0.222. The fourth-order valence-electron chi connectivity index (χ4n) is 1.61. The van der Waals surface area contributed by atoms with E-state index in [-0.39, 0.29) is 5.97 Å². The van der Waals surface area contributed by atoms with E-state index in [2.05, 4.69) is 17.1 Å². The first-order chi connectivity index (χ1) is 8.96. The zero-order valence-corrected chi connectivity index (χ0v) is 12.8. The summed E-state index contributed by atoms with van der Waals surface area (Å²) in [6.45, 7) is 7.01. The fraction of sp³-hybridized carbons (Fsp3) is 0.750. The fourth-order valence-corrected chi connectivity index (χ4v) is 2.66. The molecule has 0 radical (unpaired) electrons. The number of esters is 1.